The quantitative estimate of drug-likeness (QED) is 0.692. The zero-order valence-electron chi connectivity index (χ0n) is 9.40. The van der Waals surface area contributed by atoms with Crippen molar-refractivity contribution < 1.29 is 14.3 Å². The minimum Gasteiger partial charge on any atom is -0.498 e. The molecule has 3 rings (SSSR count). The van der Waals surface area contributed by atoms with Gasteiger partial charge in [0, 0.05) is 22.2 Å². The van der Waals surface area contributed by atoms with Crippen molar-refractivity contribution in [3.63, 3.8) is 0 Å². The van der Waals surface area contributed by atoms with E-state index in [0.29, 0.717) is 10.6 Å². The van der Waals surface area contributed by atoms with E-state index in [1.807, 2.05) is 0 Å². The molecule has 2 bridgehead atoms. The average Bonchev–Trinajstić information content (AvgIpc) is 2.57. The number of alkyl halides is 1. The van der Waals surface area contributed by atoms with Crippen LogP contribution in [0.2, 0.25) is 0 Å². The molecule has 88 valence electrons. The minimum atomic E-state index is -0.0634. The van der Waals surface area contributed by atoms with Crippen molar-refractivity contribution in [1.82, 2.24) is 0 Å². The van der Waals surface area contributed by atoms with Gasteiger partial charge in [0.05, 0.1) is 13.2 Å². The van der Waals surface area contributed by atoms with Crippen LogP contribution in [0, 0.1) is 11.3 Å². The monoisotopic (exact) mass is 286 g/mol. The molecule has 3 nitrogen and oxygen atoms in total. The first-order valence-corrected chi connectivity index (χ1v) is 6.57. The molecule has 1 heterocycles. The number of ketones is 1. The Labute approximate surface area is 103 Å². The van der Waals surface area contributed by atoms with Gasteiger partial charge < -0.3 is 9.47 Å². The maximum atomic E-state index is 12.1. The third kappa shape index (κ3) is 1.20. The molecule has 0 aromatic carbocycles. The van der Waals surface area contributed by atoms with Crippen LogP contribution in [0.4, 0.5) is 0 Å². The van der Waals surface area contributed by atoms with Crippen LogP contribution in [-0.2, 0) is 14.3 Å². The summed E-state index contributed by atoms with van der Waals surface area (Å²) in [4.78, 5) is 12.4. The largest absolute Gasteiger partial charge is 0.498 e. The zero-order valence-corrected chi connectivity index (χ0v) is 11.0. The van der Waals surface area contributed by atoms with Gasteiger partial charge in [-0.25, -0.2) is 0 Å². The SMILES string of the molecule is COC1=CC(=O)C2C[C@@H](Br)C3C[C@]2(C)C1O3. The Morgan fingerprint density at radius 3 is 3.06 bits per heavy atom. The van der Waals surface area contributed by atoms with Crippen LogP contribution in [0.25, 0.3) is 0 Å². The molecule has 0 amide bonds. The van der Waals surface area contributed by atoms with Crippen LogP contribution in [-0.4, -0.2) is 29.9 Å². The van der Waals surface area contributed by atoms with Crippen LogP contribution in [0.15, 0.2) is 11.8 Å². The highest BCUT2D eigenvalue weighted by molar-refractivity contribution is 9.09. The third-order valence-electron chi connectivity index (χ3n) is 4.33. The molecule has 16 heavy (non-hydrogen) atoms. The molecule has 1 aliphatic heterocycles. The van der Waals surface area contributed by atoms with Gasteiger partial charge in [-0.3, -0.25) is 4.79 Å². The Kier molecular flexibility index (Phi) is 2.24. The molecule has 0 aromatic heterocycles. The topological polar surface area (TPSA) is 35.5 Å². The molecule has 0 radical (unpaired) electrons. The van der Waals surface area contributed by atoms with Crippen LogP contribution < -0.4 is 0 Å². The van der Waals surface area contributed by atoms with Crippen molar-refractivity contribution in [3.05, 3.63) is 11.8 Å². The van der Waals surface area contributed by atoms with Gasteiger partial charge in [-0.1, -0.05) is 22.9 Å². The van der Waals surface area contributed by atoms with Gasteiger partial charge >= 0.3 is 0 Å². The van der Waals surface area contributed by atoms with Crippen molar-refractivity contribution in [3.8, 4) is 0 Å². The second kappa shape index (κ2) is 3.33. The van der Waals surface area contributed by atoms with Crippen molar-refractivity contribution in [2.75, 3.05) is 7.11 Å². The molecule has 3 unspecified atom stereocenters. The van der Waals surface area contributed by atoms with Crippen molar-refractivity contribution in [2.45, 2.75) is 36.8 Å². The average molecular weight is 287 g/mol. The molecule has 0 spiro atoms. The summed E-state index contributed by atoms with van der Waals surface area (Å²) in [6, 6.07) is 0. The Morgan fingerprint density at radius 1 is 1.62 bits per heavy atom. The molecule has 1 saturated carbocycles. The number of carbonyl (C=O) groups excluding carboxylic acids is 1. The molecular formula is C12H15BrO3. The summed E-state index contributed by atoms with van der Waals surface area (Å²) in [7, 11) is 1.61. The van der Waals surface area contributed by atoms with E-state index in [9.17, 15) is 4.79 Å². The van der Waals surface area contributed by atoms with E-state index in [-0.39, 0.29) is 29.3 Å². The van der Waals surface area contributed by atoms with Crippen molar-refractivity contribution >= 4 is 21.7 Å². The van der Waals surface area contributed by atoms with E-state index in [4.69, 9.17) is 9.47 Å². The Balaban J connectivity index is 2.08. The zero-order chi connectivity index (χ0) is 11.5. The number of hydrogen-bond donors (Lipinski definition) is 0. The summed E-state index contributed by atoms with van der Waals surface area (Å²) in [5.74, 6) is 0.983. The number of halogens is 1. The van der Waals surface area contributed by atoms with Gasteiger partial charge in [-0.2, -0.15) is 0 Å². The highest BCUT2D eigenvalue weighted by atomic mass is 79.9. The standard InChI is InChI=1S/C12H15BrO3/c1-12-5-10-7(13)3-6(12)8(14)4-9(15-2)11(12)16-10/h4,6-7,10-11H,3,5H2,1-2H3/t6?,7-,10?,11?,12+/m1/s1. The van der Waals surface area contributed by atoms with E-state index < -0.39 is 0 Å². The molecule has 2 fully saturated rings. The number of methoxy groups -OCH3 is 1. The van der Waals surface area contributed by atoms with Gasteiger partial charge in [-0.15, -0.1) is 0 Å². The van der Waals surface area contributed by atoms with Crippen LogP contribution in [0.5, 0.6) is 0 Å². The molecule has 0 aromatic rings. The van der Waals surface area contributed by atoms with Crippen molar-refractivity contribution in [2.24, 2.45) is 11.3 Å². The van der Waals surface area contributed by atoms with Gasteiger partial charge in [0.2, 0.25) is 0 Å². The second-order valence-electron chi connectivity index (χ2n) is 5.22. The van der Waals surface area contributed by atoms with Gasteiger partial charge in [0.15, 0.2) is 5.78 Å². The summed E-state index contributed by atoms with van der Waals surface area (Å²) in [6.45, 7) is 2.16. The number of hydrogen-bond acceptors (Lipinski definition) is 3. The lowest BCUT2D eigenvalue weighted by atomic mass is 9.61. The smallest absolute Gasteiger partial charge is 0.162 e. The number of ether oxygens (including phenoxy) is 2. The fourth-order valence-electron chi connectivity index (χ4n) is 3.42. The van der Waals surface area contributed by atoms with Crippen LogP contribution >= 0.6 is 15.9 Å². The van der Waals surface area contributed by atoms with E-state index >= 15 is 0 Å². The number of fused-ring (bicyclic) bond motifs is 1. The fraction of sp³-hybridized carbons (Fsp3) is 0.750. The molecule has 0 N–H and O–H groups in total. The van der Waals surface area contributed by atoms with E-state index in [2.05, 4.69) is 22.9 Å². The second-order valence-corrected chi connectivity index (χ2v) is 6.40. The van der Waals surface area contributed by atoms with E-state index in [0.717, 1.165) is 12.8 Å². The van der Waals surface area contributed by atoms with Gasteiger partial charge in [0.1, 0.15) is 11.9 Å². The predicted molar refractivity (Wildman–Crippen MR) is 62.3 cm³/mol. The number of carbonyl (C=O) groups is 1. The molecule has 2 aliphatic carbocycles. The summed E-state index contributed by atoms with van der Waals surface area (Å²) in [6.07, 6.45) is 3.64. The molecule has 4 heteroatoms. The molecule has 3 aliphatic rings. The Bertz CT molecular complexity index is 378. The molecular weight excluding hydrogens is 272 g/mol. The fourth-order valence-corrected chi connectivity index (χ4v) is 4.10. The lowest BCUT2D eigenvalue weighted by Crippen LogP contribution is -2.46. The van der Waals surface area contributed by atoms with E-state index in [1.165, 1.54) is 0 Å². The Hall–Kier alpha value is -0.350. The summed E-state index contributed by atoms with van der Waals surface area (Å²) in [5.41, 5.74) is -0.0634. The van der Waals surface area contributed by atoms with E-state index in [1.54, 1.807) is 13.2 Å². The first kappa shape index (κ1) is 10.8. The minimum absolute atomic E-state index is 0.0345. The van der Waals surface area contributed by atoms with Gasteiger partial charge in [-0.05, 0) is 12.8 Å². The van der Waals surface area contributed by atoms with Gasteiger partial charge in [0.25, 0.3) is 0 Å². The summed E-state index contributed by atoms with van der Waals surface area (Å²) < 4.78 is 11.3. The lowest BCUT2D eigenvalue weighted by molar-refractivity contribution is -0.125. The third-order valence-corrected chi connectivity index (χ3v) is 5.30. The lowest BCUT2D eigenvalue weighted by Gasteiger charge is -2.42. The summed E-state index contributed by atoms with van der Waals surface area (Å²) in [5, 5.41) is 0. The summed E-state index contributed by atoms with van der Waals surface area (Å²) >= 11 is 3.63. The number of rotatable bonds is 1. The maximum absolute atomic E-state index is 12.1. The maximum Gasteiger partial charge on any atom is 0.162 e. The first-order valence-electron chi connectivity index (χ1n) is 5.65. The highest BCUT2D eigenvalue weighted by Gasteiger charge is 2.61. The first-order chi connectivity index (χ1) is 7.56. The van der Waals surface area contributed by atoms with Crippen LogP contribution in [0.3, 0.4) is 0 Å². The predicted octanol–water partition coefficient (Wildman–Crippen LogP) is 2.05. The molecule has 1 saturated heterocycles. The number of allylic oxidation sites excluding steroid dienone is 1. The normalized spacial score (nSPS) is 50.2. The Morgan fingerprint density at radius 2 is 2.38 bits per heavy atom. The highest BCUT2D eigenvalue weighted by Crippen LogP contribution is 2.57. The molecule has 5 atom stereocenters. The van der Waals surface area contributed by atoms with Crippen LogP contribution in [0.1, 0.15) is 19.8 Å². The van der Waals surface area contributed by atoms with Crippen molar-refractivity contribution in [1.29, 1.82) is 0 Å².